The molecule has 7 rings (SSSR count). The molecule has 3 fully saturated rings. The number of imidazole rings is 1. The highest BCUT2D eigenvalue weighted by Crippen LogP contribution is 2.46. The van der Waals surface area contributed by atoms with Crippen molar-refractivity contribution in [1.29, 1.82) is 0 Å². The van der Waals surface area contributed by atoms with E-state index in [1.165, 1.54) is 24.7 Å². The lowest BCUT2D eigenvalue weighted by Gasteiger charge is -2.18. The minimum absolute atomic E-state index is 0.0376. The van der Waals surface area contributed by atoms with Crippen LogP contribution in [0.15, 0.2) is 43.1 Å². The number of anilines is 3. The maximum absolute atomic E-state index is 12.9. The predicted octanol–water partition coefficient (Wildman–Crippen LogP) is 4.14. The largest absolute Gasteiger partial charge is 0.362 e. The minimum atomic E-state index is -0.170. The number of pyridine rings is 1. The fourth-order valence-corrected chi connectivity index (χ4v) is 5.51. The van der Waals surface area contributed by atoms with Gasteiger partial charge in [0.1, 0.15) is 23.8 Å². The topological polar surface area (TPSA) is 130 Å². The minimum Gasteiger partial charge on any atom is -0.362 e. The van der Waals surface area contributed by atoms with Gasteiger partial charge in [-0.3, -0.25) is 9.59 Å². The van der Waals surface area contributed by atoms with Gasteiger partial charge in [0.15, 0.2) is 5.65 Å². The first-order valence-corrected chi connectivity index (χ1v) is 13.9. The zero-order valence-corrected chi connectivity index (χ0v) is 22.5. The molecule has 11 heteroatoms. The van der Waals surface area contributed by atoms with Gasteiger partial charge in [0.05, 0.1) is 17.4 Å². The third kappa shape index (κ3) is 4.76. The van der Waals surface area contributed by atoms with E-state index in [4.69, 9.17) is 4.98 Å². The Morgan fingerprint density at radius 2 is 1.95 bits per heavy atom. The van der Waals surface area contributed by atoms with Gasteiger partial charge in [-0.25, -0.2) is 24.9 Å². The van der Waals surface area contributed by atoms with Crippen LogP contribution < -0.4 is 15.5 Å². The van der Waals surface area contributed by atoms with Crippen molar-refractivity contribution in [3.8, 4) is 0 Å². The number of rotatable bonds is 8. The van der Waals surface area contributed by atoms with Crippen LogP contribution in [0.1, 0.15) is 79.7 Å². The molecule has 2 aliphatic carbocycles. The molecular weight excluding hydrogens is 506 g/mol. The summed E-state index contributed by atoms with van der Waals surface area (Å²) >= 11 is 0. The standard InChI is InChI=1S/C29H31N9O2/c1-16-7-8-30-27(33-16)20-11-21(20)29(40)36-25-12-24(31-15-32-25)34-17(2)22-14-37-13-19(18-5-6-18)10-23(28(37)35-22)38-9-3-4-26(38)39/h7-8,10,12-15,17-18,20-21H,3-6,9,11H2,1-2H3,(H2,31,32,34,36,40)/t17-,20+,21?/m1/s1. The number of hydrogen-bond donors (Lipinski definition) is 2. The van der Waals surface area contributed by atoms with E-state index in [9.17, 15) is 9.59 Å². The van der Waals surface area contributed by atoms with Gasteiger partial charge in [-0.1, -0.05) is 0 Å². The van der Waals surface area contributed by atoms with Crippen molar-refractivity contribution in [3.05, 3.63) is 65.9 Å². The van der Waals surface area contributed by atoms with Gasteiger partial charge < -0.3 is 19.9 Å². The van der Waals surface area contributed by atoms with Crippen molar-refractivity contribution in [2.45, 2.75) is 63.8 Å². The number of carbonyl (C=O) groups is 2. The van der Waals surface area contributed by atoms with Gasteiger partial charge in [-0.2, -0.15) is 0 Å². The van der Waals surface area contributed by atoms with E-state index in [1.807, 2.05) is 31.0 Å². The molecule has 1 saturated heterocycles. The van der Waals surface area contributed by atoms with E-state index in [2.05, 4.69) is 47.2 Å². The van der Waals surface area contributed by atoms with Crippen LogP contribution in [0.25, 0.3) is 5.65 Å². The molecule has 0 aromatic carbocycles. The summed E-state index contributed by atoms with van der Waals surface area (Å²) in [5.74, 6) is 2.23. The molecule has 204 valence electrons. The van der Waals surface area contributed by atoms with Crippen molar-refractivity contribution < 1.29 is 9.59 Å². The van der Waals surface area contributed by atoms with Crippen LogP contribution in [-0.4, -0.2) is 47.7 Å². The second kappa shape index (κ2) is 9.65. The summed E-state index contributed by atoms with van der Waals surface area (Å²) < 4.78 is 2.05. The Balaban J connectivity index is 1.07. The average molecular weight is 538 g/mol. The number of aromatic nitrogens is 6. The summed E-state index contributed by atoms with van der Waals surface area (Å²) in [4.78, 5) is 49.6. The third-order valence-electron chi connectivity index (χ3n) is 7.98. The number of amides is 2. The summed E-state index contributed by atoms with van der Waals surface area (Å²) in [6.45, 7) is 4.67. The molecule has 0 spiro atoms. The summed E-state index contributed by atoms with van der Waals surface area (Å²) in [5.41, 5.74) is 4.67. The highest BCUT2D eigenvalue weighted by atomic mass is 16.2. The van der Waals surface area contributed by atoms with Crippen LogP contribution in [0, 0.1) is 12.8 Å². The van der Waals surface area contributed by atoms with E-state index in [0.29, 0.717) is 29.8 Å². The van der Waals surface area contributed by atoms with Gasteiger partial charge in [0.2, 0.25) is 11.8 Å². The second-order valence-corrected chi connectivity index (χ2v) is 11.1. The SMILES string of the molecule is Cc1ccnc([C@H]2CC2C(=O)Nc2cc(N[C@H](C)c3cn4cc(C5CC5)cc(N5CCCC5=O)c4n3)ncn2)n1. The Kier molecular flexibility index (Phi) is 5.94. The van der Waals surface area contributed by atoms with E-state index < -0.39 is 0 Å². The van der Waals surface area contributed by atoms with E-state index in [1.54, 1.807) is 12.3 Å². The van der Waals surface area contributed by atoms with E-state index in [0.717, 1.165) is 42.1 Å². The molecule has 1 unspecified atom stereocenters. The quantitative estimate of drug-likeness (QED) is 0.343. The highest BCUT2D eigenvalue weighted by molar-refractivity contribution is 5.98. The summed E-state index contributed by atoms with van der Waals surface area (Å²) in [5, 5.41) is 6.30. The van der Waals surface area contributed by atoms with Crippen molar-refractivity contribution in [2.75, 3.05) is 22.1 Å². The van der Waals surface area contributed by atoms with Crippen LogP contribution in [0.3, 0.4) is 0 Å². The molecule has 0 radical (unpaired) electrons. The molecule has 2 amide bonds. The Bertz CT molecular complexity index is 1630. The Morgan fingerprint density at radius 1 is 1.10 bits per heavy atom. The first-order chi connectivity index (χ1) is 19.4. The smallest absolute Gasteiger partial charge is 0.229 e. The lowest BCUT2D eigenvalue weighted by Crippen LogP contribution is -2.24. The maximum atomic E-state index is 12.9. The monoisotopic (exact) mass is 537 g/mol. The number of nitrogens with one attached hydrogen (secondary N) is 2. The maximum Gasteiger partial charge on any atom is 0.229 e. The molecule has 2 N–H and O–H groups in total. The lowest BCUT2D eigenvalue weighted by molar-refractivity contribution is -0.118. The fourth-order valence-electron chi connectivity index (χ4n) is 5.51. The van der Waals surface area contributed by atoms with Crippen LogP contribution in [0.4, 0.5) is 17.3 Å². The van der Waals surface area contributed by atoms with Gasteiger partial charge in [0.25, 0.3) is 0 Å². The highest BCUT2D eigenvalue weighted by Gasteiger charge is 2.46. The van der Waals surface area contributed by atoms with Gasteiger partial charge in [-0.15, -0.1) is 0 Å². The second-order valence-electron chi connectivity index (χ2n) is 11.1. The van der Waals surface area contributed by atoms with Crippen LogP contribution >= 0.6 is 0 Å². The van der Waals surface area contributed by atoms with Crippen LogP contribution in [0.2, 0.25) is 0 Å². The Morgan fingerprint density at radius 3 is 2.73 bits per heavy atom. The van der Waals surface area contributed by atoms with Gasteiger partial charge in [-0.05, 0) is 63.1 Å². The van der Waals surface area contributed by atoms with Crippen LogP contribution in [-0.2, 0) is 9.59 Å². The van der Waals surface area contributed by atoms with E-state index in [-0.39, 0.29) is 29.7 Å². The summed E-state index contributed by atoms with van der Waals surface area (Å²) in [6, 6.07) is 5.56. The number of aryl methyl sites for hydroxylation is 1. The average Bonchev–Trinajstić information content (AvgIpc) is 3.86. The molecule has 3 atom stereocenters. The molecule has 3 aliphatic rings. The summed E-state index contributed by atoms with van der Waals surface area (Å²) in [7, 11) is 0. The van der Waals surface area contributed by atoms with Crippen LogP contribution in [0.5, 0.6) is 0 Å². The number of hydrogen-bond acceptors (Lipinski definition) is 8. The predicted molar refractivity (Wildman–Crippen MR) is 149 cm³/mol. The number of nitrogens with zero attached hydrogens (tertiary/aromatic N) is 7. The molecule has 4 aromatic heterocycles. The van der Waals surface area contributed by atoms with Gasteiger partial charge >= 0.3 is 0 Å². The zero-order valence-electron chi connectivity index (χ0n) is 22.5. The molecule has 11 nitrogen and oxygen atoms in total. The Labute approximate surface area is 231 Å². The molecule has 2 saturated carbocycles. The van der Waals surface area contributed by atoms with Crippen molar-refractivity contribution in [1.82, 2.24) is 29.3 Å². The molecule has 1 aliphatic heterocycles. The Hall–Kier alpha value is -4.41. The molecule has 40 heavy (non-hydrogen) atoms. The first kappa shape index (κ1) is 24.6. The molecule has 4 aromatic rings. The molecule has 0 bridgehead atoms. The summed E-state index contributed by atoms with van der Waals surface area (Å²) in [6.07, 6.45) is 11.9. The normalized spacial score (nSPS) is 21.1. The molecule has 5 heterocycles. The van der Waals surface area contributed by atoms with Crippen molar-refractivity contribution in [2.24, 2.45) is 5.92 Å². The van der Waals surface area contributed by atoms with E-state index >= 15 is 0 Å². The number of carbonyl (C=O) groups excluding carboxylic acids is 2. The van der Waals surface area contributed by atoms with Crippen molar-refractivity contribution in [3.63, 3.8) is 0 Å². The fraction of sp³-hybridized carbons (Fsp3) is 0.414. The van der Waals surface area contributed by atoms with Crippen molar-refractivity contribution >= 4 is 34.8 Å². The first-order valence-electron chi connectivity index (χ1n) is 13.9. The van der Waals surface area contributed by atoms with Gasteiger partial charge in [0, 0.05) is 55.2 Å². The zero-order chi connectivity index (χ0) is 27.4. The molecular formula is C29H31N9O2. The third-order valence-corrected chi connectivity index (χ3v) is 7.98. The number of fused-ring (bicyclic) bond motifs is 1. The lowest BCUT2D eigenvalue weighted by atomic mass is 10.1.